The van der Waals surface area contributed by atoms with Gasteiger partial charge in [0, 0.05) is 24.4 Å². The summed E-state index contributed by atoms with van der Waals surface area (Å²) in [4.78, 5) is 15.0. The van der Waals surface area contributed by atoms with Crippen molar-refractivity contribution in [3.05, 3.63) is 83.9 Å². The maximum atomic E-state index is 12.4. The van der Waals surface area contributed by atoms with Gasteiger partial charge in [0.05, 0.1) is 13.0 Å². The number of benzene rings is 2. The van der Waals surface area contributed by atoms with E-state index < -0.39 is 0 Å². The molecule has 28 heavy (non-hydrogen) atoms. The summed E-state index contributed by atoms with van der Waals surface area (Å²) in [6.45, 7) is 2.98. The van der Waals surface area contributed by atoms with Gasteiger partial charge < -0.3 is 9.64 Å². The number of methoxy groups -OCH3 is 1. The van der Waals surface area contributed by atoms with Gasteiger partial charge >= 0.3 is 5.97 Å². The molecule has 2 atom stereocenters. The largest absolute Gasteiger partial charge is 0.469 e. The monoisotopic (exact) mass is 375 g/mol. The lowest BCUT2D eigenvalue weighted by atomic mass is 9.68. The summed E-state index contributed by atoms with van der Waals surface area (Å²) < 4.78 is 5.12. The van der Waals surface area contributed by atoms with Crippen molar-refractivity contribution >= 4 is 5.97 Å². The van der Waals surface area contributed by atoms with Gasteiger partial charge in [0.2, 0.25) is 0 Å². The van der Waals surface area contributed by atoms with Crippen LogP contribution in [0.5, 0.6) is 0 Å². The Hall–Kier alpha value is -2.39. The molecule has 0 N–H and O–H groups in total. The Morgan fingerprint density at radius 3 is 2.32 bits per heavy atom. The lowest BCUT2D eigenvalue weighted by molar-refractivity contribution is -0.148. The van der Waals surface area contributed by atoms with Crippen LogP contribution in [0, 0.1) is 11.3 Å². The molecule has 2 aromatic rings. The van der Waals surface area contributed by atoms with E-state index in [0.717, 1.165) is 38.9 Å². The molecule has 146 valence electrons. The zero-order valence-electron chi connectivity index (χ0n) is 16.6. The van der Waals surface area contributed by atoms with Crippen molar-refractivity contribution in [2.45, 2.75) is 25.2 Å². The van der Waals surface area contributed by atoms with Crippen LogP contribution >= 0.6 is 0 Å². The first kappa shape index (κ1) is 18.9. The molecule has 0 saturated carbocycles. The Kier molecular flexibility index (Phi) is 5.63. The molecule has 0 aromatic heterocycles. The fraction of sp³-hybridized carbons (Fsp3) is 0.400. The normalized spacial score (nSPS) is 24.7. The van der Waals surface area contributed by atoms with Gasteiger partial charge in [-0.05, 0) is 36.9 Å². The van der Waals surface area contributed by atoms with Crippen molar-refractivity contribution in [2.24, 2.45) is 11.3 Å². The summed E-state index contributed by atoms with van der Waals surface area (Å²) in [6, 6.07) is 21.5. The van der Waals surface area contributed by atoms with Crippen LogP contribution < -0.4 is 0 Å². The minimum absolute atomic E-state index is 0.0275. The second-order valence-electron chi connectivity index (χ2n) is 8.19. The van der Waals surface area contributed by atoms with Crippen LogP contribution in [0.4, 0.5) is 0 Å². The van der Waals surface area contributed by atoms with Crippen molar-refractivity contribution in [1.29, 1.82) is 0 Å². The Balaban J connectivity index is 1.56. The van der Waals surface area contributed by atoms with Gasteiger partial charge in [0.25, 0.3) is 0 Å². The Morgan fingerprint density at radius 1 is 1.07 bits per heavy atom. The highest BCUT2D eigenvalue weighted by molar-refractivity contribution is 5.75. The molecular formula is C25H29NO2. The number of esters is 1. The van der Waals surface area contributed by atoms with Crippen LogP contribution in [0.25, 0.3) is 0 Å². The molecule has 1 fully saturated rings. The first-order valence-corrected chi connectivity index (χ1v) is 10.3. The SMILES string of the molecule is COC(=O)[C@H]1C=CCC[C@]12CCN(CC(c1ccccc1)c1ccccc1)C2. The molecule has 0 radical (unpaired) electrons. The molecule has 1 spiro atoms. The highest BCUT2D eigenvalue weighted by Crippen LogP contribution is 2.46. The number of hydrogen-bond donors (Lipinski definition) is 0. The summed E-state index contributed by atoms with van der Waals surface area (Å²) in [5.41, 5.74) is 2.73. The van der Waals surface area contributed by atoms with Crippen molar-refractivity contribution in [1.82, 2.24) is 4.90 Å². The average Bonchev–Trinajstić information content (AvgIpc) is 3.15. The molecule has 2 aliphatic rings. The van der Waals surface area contributed by atoms with E-state index >= 15 is 0 Å². The molecule has 0 amide bonds. The van der Waals surface area contributed by atoms with Gasteiger partial charge in [-0.2, -0.15) is 0 Å². The lowest BCUT2D eigenvalue weighted by Gasteiger charge is -2.37. The van der Waals surface area contributed by atoms with Crippen molar-refractivity contribution in [3.63, 3.8) is 0 Å². The second kappa shape index (κ2) is 8.32. The summed E-state index contributed by atoms with van der Waals surface area (Å²) >= 11 is 0. The minimum atomic E-state index is -0.108. The summed E-state index contributed by atoms with van der Waals surface area (Å²) in [5, 5.41) is 0. The predicted octanol–water partition coefficient (Wildman–Crippen LogP) is 4.65. The van der Waals surface area contributed by atoms with Crippen molar-refractivity contribution < 1.29 is 9.53 Å². The number of carbonyl (C=O) groups is 1. The van der Waals surface area contributed by atoms with Gasteiger partial charge in [-0.25, -0.2) is 0 Å². The summed E-state index contributed by atoms with van der Waals surface area (Å²) in [5.74, 6) is 0.150. The number of ether oxygens (including phenoxy) is 1. The van der Waals surface area contributed by atoms with Crippen LogP contribution in [0.15, 0.2) is 72.8 Å². The van der Waals surface area contributed by atoms with Gasteiger partial charge in [0.15, 0.2) is 0 Å². The molecule has 1 saturated heterocycles. The predicted molar refractivity (Wildman–Crippen MR) is 112 cm³/mol. The van der Waals surface area contributed by atoms with Crippen LogP contribution in [-0.4, -0.2) is 37.6 Å². The van der Waals surface area contributed by atoms with Crippen LogP contribution in [-0.2, 0) is 9.53 Å². The topological polar surface area (TPSA) is 29.5 Å². The highest BCUT2D eigenvalue weighted by atomic mass is 16.5. The number of allylic oxidation sites excluding steroid dienone is 1. The van der Waals surface area contributed by atoms with E-state index in [4.69, 9.17) is 4.74 Å². The number of nitrogens with zero attached hydrogens (tertiary/aromatic N) is 1. The van der Waals surface area contributed by atoms with Gasteiger partial charge in [-0.3, -0.25) is 4.79 Å². The van der Waals surface area contributed by atoms with Gasteiger partial charge in [0.1, 0.15) is 0 Å². The third-order valence-corrected chi connectivity index (χ3v) is 6.56. The Morgan fingerprint density at radius 2 is 1.71 bits per heavy atom. The van der Waals surface area contributed by atoms with E-state index in [-0.39, 0.29) is 17.3 Å². The highest BCUT2D eigenvalue weighted by Gasteiger charge is 2.47. The number of likely N-dealkylation sites (tertiary alicyclic amines) is 1. The van der Waals surface area contributed by atoms with E-state index in [1.54, 1.807) is 0 Å². The van der Waals surface area contributed by atoms with Crippen LogP contribution in [0.1, 0.15) is 36.3 Å². The van der Waals surface area contributed by atoms with E-state index in [0.29, 0.717) is 5.92 Å². The molecule has 0 unspecified atom stereocenters. The lowest BCUT2D eigenvalue weighted by Crippen LogP contribution is -2.40. The molecule has 0 bridgehead atoms. The molecule has 4 rings (SSSR count). The molecule has 2 aromatic carbocycles. The fourth-order valence-corrected chi connectivity index (χ4v) is 5.05. The van der Waals surface area contributed by atoms with Crippen LogP contribution in [0.3, 0.4) is 0 Å². The zero-order valence-corrected chi connectivity index (χ0v) is 16.6. The van der Waals surface area contributed by atoms with Gasteiger partial charge in [-0.15, -0.1) is 0 Å². The Labute approximate surface area is 168 Å². The standard InChI is InChI=1S/C25H29NO2/c1-28-24(27)23-14-8-9-15-25(23)16-17-26(19-25)18-22(20-10-4-2-5-11-20)21-12-6-3-7-13-21/h2-8,10-14,22-23H,9,15-19H2,1H3/t23-,25-/m1/s1. The quantitative estimate of drug-likeness (QED) is 0.563. The van der Waals surface area contributed by atoms with Crippen molar-refractivity contribution in [3.8, 4) is 0 Å². The van der Waals surface area contributed by atoms with Gasteiger partial charge in [-0.1, -0.05) is 72.8 Å². The first-order chi connectivity index (χ1) is 13.7. The zero-order chi connectivity index (χ0) is 19.4. The van der Waals surface area contributed by atoms with Crippen LogP contribution in [0.2, 0.25) is 0 Å². The smallest absolute Gasteiger partial charge is 0.313 e. The third-order valence-electron chi connectivity index (χ3n) is 6.56. The minimum Gasteiger partial charge on any atom is -0.469 e. The third kappa shape index (κ3) is 3.77. The molecule has 1 heterocycles. The molecular weight excluding hydrogens is 346 g/mol. The average molecular weight is 376 g/mol. The van der Waals surface area contributed by atoms with Crippen molar-refractivity contribution in [2.75, 3.05) is 26.7 Å². The number of hydrogen-bond acceptors (Lipinski definition) is 3. The molecule has 1 aliphatic heterocycles. The maximum absolute atomic E-state index is 12.4. The second-order valence-corrected chi connectivity index (χ2v) is 8.19. The fourth-order valence-electron chi connectivity index (χ4n) is 5.05. The molecule has 1 aliphatic carbocycles. The van der Waals surface area contributed by atoms with E-state index in [1.807, 2.05) is 0 Å². The molecule has 3 heteroatoms. The molecule has 3 nitrogen and oxygen atoms in total. The first-order valence-electron chi connectivity index (χ1n) is 10.3. The maximum Gasteiger partial charge on any atom is 0.313 e. The van der Waals surface area contributed by atoms with E-state index in [1.165, 1.54) is 18.2 Å². The van der Waals surface area contributed by atoms with E-state index in [9.17, 15) is 4.79 Å². The number of rotatable bonds is 5. The summed E-state index contributed by atoms with van der Waals surface area (Å²) in [7, 11) is 1.51. The summed E-state index contributed by atoms with van der Waals surface area (Å²) in [6.07, 6.45) is 7.42. The number of carbonyl (C=O) groups excluding carboxylic acids is 1. The van der Waals surface area contributed by atoms with E-state index in [2.05, 4.69) is 77.7 Å². The Bertz CT molecular complexity index is 777.